The predicted octanol–water partition coefficient (Wildman–Crippen LogP) is 4.34. The lowest BCUT2D eigenvalue weighted by Gasteiger charge is -2.44. The number of benzene rings is 2. The highest BCUT2D eigenvalue weighted by atomic mass is 16.6. The van der Waals surface area contributed by atoms with Crippen molar-refractivity contribution in [2.45, 2.75) is 31.5 Å². The molecule has 1 heterocycles. The van der Waals surface area contributed by atoms with E-state index in [1.165, 1.54) is 4.90 Å². The molecular formula is C21H21NO4. The molecule has 2 aromatic carbocycles. The molecule has 0 aliphatic carbocycles. The average Bonchev–Trinajstić information content (AvgIpc) is 2.63. The molecule has 0 bridgehead atoms. The van der Waals surface area contributed by atoms with Crippen molar-refractivity contribution < 1.29 is 19.4 Å². The van der Waals surface area contributed by atoms with E-state index in [4.69, 9.17) is 4.74 Å². The van der Waals surface area contributed by atoms with Gasteiger partial charge >= 0.3 is 12.1 Å². The highest BCUT2D eigenvalue weighted by Crippen LogP contribution is 2.43. The van der Waals surface area contributed by atoms with E-state index in [-0.39, 0.29) is 6.42 Å². The first-order valence-electron chi connectivity index (χ1n) is 8.45. The fourth-order valence-corrected chi connectivity index (χ4v) is 3.36. The first kappa shape index (κ1) is 17.7. The summed E-state index contributed by atoms with van der Waals surface area (Å²) in [5.41, 5.74) is 2.26. The Labute approximate surface area is 152 Å². The summed E-state index contributed by atoms with van der Waals surface area (Å²) in [6.07, 6.45) is -1.62. The summed E-state index contributed by atoms with van der Waals surface area (Å²) in [6.45, 7) is 5.60. The number of esters is 1. The summed E-state index contributed by atoms with van der Waals surface area (Å²) < 4.78 is 5.75. The maximum atomic E-state index is 12.6. The quantitative estimate of drug-likeness (QED) is 0.657. The molecule has 0 aromatic heterocycles. The Morgan fingerprint density at radius 3 is 2.12 bits per heavy atom. The highest BCUT2D eigenvalue weighted by Gasteiger charge is 2.47. The number of cyclic esters (lactones) is 1. The maximum absolute atomic E-state index is 12.6. The van der Waals surface area contributed by atoms with Crippen LogP contribution in [0.2, 0.25) is 0 Å². The highest BCUT2D eigenvalue weighted by molar-refractivity contribution is 5.83. The fourth-order valence-electron chi connectivity index (χ4n) is 3.36. The summed E-state index contributed by atoms with van der Waals surface area (Å²) in [7, 11) is 0. The second-order valence-electron chi connectivity index (χ2n) is 6.49. The molecule has 1 N–H and O–H groups in total. The molecule has 0 spiro atoms. The van der Waals surface area contributed by atoms with Gasteiger partial charge in [-0.1, -0.05) is 66.2 Å². The van der Waals surface area contributed by atoms with Crippen LogP contribution in [0.1, 0.15) is 36.6 Å². The Balaban J connectivity index is 2.12. The summed E-state index contributed by atoms with van der Waals surface area (Å²) in [5, 5.41) is 9.92. The van der Waals surface area contributed by atoms with Gasteiger partial charge in [0.1, 0.15) is 12.1 Å². The third kappa shape index (κ3) is 3.47. The third-order valence-electron chi connectivity index (χ3n) is 4.47. The Kier molecular flexibility index (Phi) is 5.07. The van der Waals surface area contributed by atoms with Crippen LogP contribution < -0.4 is 0 Å². The second-order valence-corrected chi connectivity index (χ2v) is 6.49. The molecule has 0 radical (unpaired) electrons. The SMILES string of the molecule is C=C(C)C[C@H]1C(=O)O[C@H](c2ccccc2)[C@H](c2ccccc2)N1C(=O)O. The summed E-state index contributed by atoms with van der Waals surface area (Å²) in [5.74, 6) is -0.545. The van der Waals surface area contributed by atoms with Gasteiger partial charge in [-0.05, 0) is 24.5 Å². The van der Waals surface area contributed by atoms with Gasteiger partial charge in [-0.25, -0.2) is 9.59 Å². The summed E-state index contributed by atoms with van der Waals surface area (Å²) in [4.78, 5) is 26.0. The molecule has 0 saturated carbocycles. The largest absolute Gasteiger partial charge is 0.465 e. The molecule has 1 amide bonds. The molecule has 1 fully saturated rings. The van der Waals surface area contributed by atoms with Crippen LogP contribution in [0.3, 0.4) is 0 Å². The number of nitrogens with zero attached hydrogens (tertiary/aromatic N) is 1. The smallest absolute Gasteiger partial charge is 0.408 e. The van der Waals surface area contributed by atoms with E-state index in [0.29, 0.717) is 0 Å². The van der Waals surface area contributed by atoms with E-state index in [1.807, 2.05) is 60.7 Å². The van der Waals surface area contributed by atoms with Crippen molar-refractivity contribution in [1.29, 1.82) is 0 Å². The Morgan fingerprint density at radius 2 is 1.62 bits per heavy atom. The molecule has 134 valence electrons. The van der Waals surface area contributed by atoms with Gasteiger partial charge in [-0.15, -0.1) is 6.58 Å². The summed E-state index contributed by atoms with van der Waals surface area (Å²) in [6, 6.07) is 17.0. The van der Waals surface area contributed by atoms with Crippen molar-refractivity contribution in [2.75, 3.05) is 0 Å². The number of hydrogen-bond acceptors (Lipinski definition) is 3. The minimum atomic E-state index is -1.15. The van der Waals surface area contributed by atoms with Gasteiger partial charge in [0.2, 0.25) is 0 Å². The van der Waals surface area contributed by atoms with E-state index < -0.39 is 30.3 Å². The van der Waals surface area contributed by atoms with Crippen LogP contribution >= 0.6 is 0 Å². The molecule has 5 nitrogen and oxygen atoms in total. The lowest BCUT2D eigenvalue weighted by atomic mass is 9.90. The molecule has 1 aliphatic heterocycles. The molecule has 3 atom stereocenters. The molecule has 0 unspecified atom stereocenters. The molecule has 5 heteroatoms. The van der Waals surface area contributed by atoms with Crippen LogP contribution in [0, 0.1) is 0 Å². The Morgan fingerprint density at radius 1 is 1.08 bits per heavy atom. The zero-order valence-electron chi connectivity index (χ0n) is 14.5. The monoisotopic (exact) mass is 351 g/mol. The Bertz CT molecular complexity index is 803. The average molecular weight is 351 g/mol. The number of carboxylic acid groups (broad SMARTS) is 1. The number of rotatable bonds is 4. The maximum Gasteiger partial charge on any atom is 0.408 e. The van der Waals surface area contributed by atoms with Crippen molar-refractivity contribution in [1.82, 2.24) is 4.90 Å². The van der Waals surface area contributed by atoms with Gasteiger partial charge in [0.05, 0.1) is 0 Å². The van der Waals surface area contributed by atoms with Gasteiger partial charge in [-0.2, -0.15) is 0 Å². The van der Waals surface area contributed by atoms with Crippen molar-refractivity contribution >= 4 is 12.1 Å². The van der Waals surface area contributed by atoms with E-state index in [0.717, 1.165) is 16.7 Å². The zero-order chi connectivity index (χ0) is 18.7. The van der Waals surface area contributed by atoms with Gasteiger partial charge in [0, 0.05) is 0 Å². The van der Waals surface area contributed by atoms with Crippen LogP contribution in [-0.4, -0.2) is 28.1 Å². The van der Waals surface area contributed by atoms with Crippen LogP contribution in [0.5, 0.6) is 0 Å². The number of amides is 1. The van der Waals surface area contributed by atoms with Crippen LogP contribution in [0.15, 0.2) is 72.8 Å². The number of morpholine rings is 1. The first-order valence-corrected chi connectivity index (χ1v) is 8.45. The molecular weight excluding hydrogens is 330 g/mol. The van der Waals surface area contributed by atoms with Crippen molar-refractivity contribution in [3.63, 3.8) is 0 Å². The number of carbonyl (C=O) groups is 2. The number of hydrogen-bond donors (Lipinski definition) is 1. The van der Waals surface area contributed by atoms with Crippen LogP contribution in [-0.2, 0) is 9.53 Å². The van der Waals surface area contributed by atoms with Gasteiger partial charge in [0.25, 0.3) is 0 Å². The number of ether oxygens (including phenoxy) is 1. The summed E-state index contributed by atoms with van der Waals surface area (Å²) >= 11 is 0. The molecule has 1 saturated heterocycles. The van der Waals surface area contributed by atoms with Crippen molar-refractivity contribution in [2.24, 2.45) is 0 Å². The zero-order valence-corrected chi connectivity index (χ0v) is 14.5. The minimum absolute atomic E-state index is 0.232. The van der Waals surface area contributed by atoms with Crippen LogP contribution in [0.25, 0.3) is 0 Å². The molecule has 3 rings (SSSR count). The molecule has 2 aromatic rings. The first-order chi connectivity index (χ1) is 12.5. The molecule has 26 heavy (non-hydrogen) atoms. The van der Waals surface area contributed by atoms with E-state index >= 15 is 0 Å². The van der Waals surface area contributed by atoms with Gasteiger partial charge in [-0.3, -0.25) is 4.90 Å². The van der Waals surface area contributed by atoms with E-state index in [9.17, 15) is 14.7 Å². The third-order valence-corrected chi connectivity index (χ3v) is 4.47. The lowest BCUT2D eigenvalue weighted by molar-refractivity contribution is -0.172. The second kappa shape index (κ2) is 7.44. The van der Waals surface area contributed by atoms with E-state index in [2.05, 4.69) is 6.58 Å². The normalized spacial score (nSPS) is 22.6. The standard InChI is InChI=1S/C21H21NO4/c1-14(2)13-17-20(23)26-19(16-11-7-4-8-12-16)18(22(17)21(24)25)15-9-5-3-6-10-15/h3-12,17-19H,1,13H2,2H3,(H,24,25)/t17-,18-,19+/m0/s1. The number of carbonyl (C=O) groups excluding carboxylic acids is 1. The predicted molar refractivity (Wildman–Crippen MR) is 97.5 cm³/mol. The lowest BCUT2D eigenvalue weighted by Crippen LogP contribution is -2.53. The Hall–Kier alpha value is -3.08. The molecule has 1 aliphatic rings. The fraction of sp³-hybridized carbons (Fsp3) is 0.238. The van der Waals surface area contributed by atoms with Gasteiger partial charge < -0.3 is 9.84 Å². The minimum Gasteiger partial charge on any atom is -0.465 e. The van der Waals surface area contributed by atoms with Gasteiger partial charge in [0.15, 0.2) is 6.10 Å². The van der Waals surface area contributed by atoms with Crippen molar-refractivity contribution in [3.05, 3.63) is 83.9 Å². The van der Waals surface area contributed by atoms with Crippen LogP contribution in [0.4, 0.5) is 4.79 Å². The van der Waals surface area contributed by atoms with Crippen molar-refractivity contribution in [3.8, 4) is 0 Å². The van der Waals surface area contributed by atoms with E-state index in [1.54, 1.807) is 6.92 Å². The topological polar surface area (TPSA) is 66.8 Å².